The van der Waals surface area contributed by atoms with E-state index in [4.69, 9.17) is 6.42 Å². The van der Waals surface area contributed by atoms with Crippen molar-refractivity contribution in [3.05, 3.63) is 28.2 Å². The minimum atomic E-state index is -3.56. The Morgan fingerprint density at radius 3 is 2.62 bits per heavy atom. The van der Waals surface area contributed by atoms with Gasteiger partial charge in [0.05, 0.1) is 10.9 Å². The third kappa shape index (κ3) is 3.08. The number of nitrogens with one attached hydrogen (secondary N) is 1. The van der Waals surface area contributed by atoms with E-state index in [1.165, 1.54) is 0 Å². The molecule has 0 spiro atoms. The van der Waals surface area contributed by atoms with Gasteiger partial charge in [-0.25, -0.2) is 8.42 Å². The Kier molecular flexibility index (Phi) is 4.14. The molecule has 0 radical (unpaired) electrons. The highest BCUT2D eigenvalue weighted by molar-refractivity contribution is 9.10. The number of halogens is 1. The van der Waals surface area contributed by atoms with Crippen LogP contribution in [0.15, 0.2) is 27.6 Å². The summed E-state index contributed by atoms with van der Waals surface area (Å²) >= 11 is 3.22. The Hall–Kier alpha value is -0.830. The average Bonchev–Trinajstić information content (AvgIpc) is 2.16. The summed E-state index contributed by atoms with van der Waals surface area (Å²) < 4.78 is 26.7. The van der Waals surface area contributed by atoms with E-state index in [2.05, 4.69) is 26.6 Å². The number of rotatable bonds is 3. The molecule has 1 unspecified atom stereocenters. The van der Waals surface area contributed by atoms with Crippen molar-refractivity contribution in [2.75, 3.05) is 0 Å². The first kappa shape index (κ1) is 13.2. The largest absolute Gasteiger partial charge is 0.242 e. The fourth-order valence-corrected chi connectivity index (χ4v) is 3.51. The van der Waals surface area contributed by atoms with E-state index in [9.17, 15) is 8.42 Å². The van der Waals surface area contributed by atoms with Gasteiger partial charge >= 0.3 is 0 Å². The molecule has 0 bridgehead atoms. The zero-order chi connectivity index (χ0) is 12.3. The van der Waals surface area contributed by atoms with Gasteiger partial charge in [-0.1, -0.05) is 12.0 Å². The maximum absolute atomic E-state index is 11.9. The van der Waals surface area contributed by atoms with Gasteiger partial charge in [0.2, 0.25) is 10.0 Å². The molecule has 5 heteroatoms. The lowest BCUT2D eigenvalue weighted by molar-refractivity contribution is 0.577. The Morgan fingerprint density at radius 2 is 2.12 bits per heavy atom. The van der Waals surface area contributed by atoms with Gasteiger partial charge < -0.3 is 0 Å². The topological polar surface area (TPSA) is 46.2 Å². The van der Waals surface area contributed by atoms with Gasteiger partial charge in [0.25, 0.3) is 0 Å². The summed E-state index contributed by atoms with van der Waals surface area (Å²) in [6.45, 7) is 3.50. The molecule has 1 atom stereocenters. The smallest absolute Gasteiger partial charge is 0.207 e. The van der Waals surface area contributed by atoms with Crippen molar-refractivity contribution >= 4 is 26.0 Å². The van der Waals surface area contributed by atoms with Gasteiger partial charge in [0, 0.05) is 4.47 Å². The zero-order valence-electron chi connectivity index (χ0n) is 8.99. The molecule has 0 aromatic heterocycles. The van der Waals surface area contributed by atoms with Gasteiger partial charge in [-0.15, -0.1) is 6.42 Å². The number of hydrogen-bond donors (Lipinski definition) is 1. The normalized spacial score (nSPS) is 13.1. The molecule has 3 nitrogen and oxygen atoms in total. The SMILES string of the molecule is C#CC(C)NS(=O)(=O)c1ccc(C)cc1Br. The van der Waals surface area contributed by atoms with Crippen LogP contribution in [-0.2, 0) is 10.0 Å². The molecule has 0 heterocycles. The number of hydrogen-bond acceptors (Lipinski definition) is 2. The van der Waals surface area contributed by atoms with Crippen molar-refractivity contribution in [1.82, 2.24) is 4.72 Å². The molecule has 1 aromatic carbocycles. The van der Waals surface area contributed by atoms with Crippen LogP contribution in [-0.4, -0.2) is 14.5 Å². The summed E-state index contributed by atoms with van der Waals surface area (Å²) in [5.41, 5.74) is 0.982. The van der Waals surface area contributed by atoms with Crippen molar-refractivity contribution in [3.63, 3.8) is 0 Å². The molecule has 0 aliphatic heterocycles. The van der Waals surface area contributed by atoms with Crippen molar-refractivity contribution in [3.8, 4) is 12.3 Å². The standard InChI is InChI=1S/C11H12BrNO2S/c1-4-9(3)13-16(14,15)11-6-5-8(2)7-10(11)12/h1,5-7,9,13H,2-3H3. The summed E-state index contributed by atoms with van der Waals surface area (Å²) in [5, 5.41) is 0. The van der Waals surface area contributed by atoms with Crippen LogP contribution < -0.4 is 4.72 Å². The van der Waals surface area contributed by atoms with Crippen LogP contribution in [0.2, 0.25) is 0 Å². The van der Waals surface area contributed by atoms with Crippen LogP contribution in [0.1, 0.15) is 12.5 Å². The van der Waals surface area contributed by atoms with Gasteiger partial charge in [0.15, 0.2) is 0 Å². The monoisotopic (exact) mass is 301 g/mol. The second kappa shape index (κ2) is 5.00. The third-order valence-electron chi connectivity index (χ3n) is 1.96. The average molecular weight is 302 g/mol. The first-order chi connectivity index (χ1) is 7.36. The molecule has 1 aromatic rings. The van der Waals surface area contributed by atoms with E-state index in [0.717, 1.165) is 5.56 Å². The maximum Gasteiger partial charge on any atom is 0.242 e. The van der Waals surface area contributed by atoms with Crippen molar-refractivity contribution in [1.29, 1.82) is 0 Å². The van der Waals surface area contributed by atoms with Gasteiger partial charge in [0.1, 0.15) is 0 Å². The fourth-order valence-electron chi connectivity index (χ4n) is 1.15. The molecule has 0 saturated carbocycles. The molecule has 16 heavy (non-hydrogen) atoms. The predicted octanol–water partition coefficient (Wildman–Crippen LogP) is 2.06. The molecular formula is C11H12BrNO2S. The molecule has 0 saturated heterocycles. The lowest BCUT2D eigenvalue weighted by Gasteiger charge is -2.10. The van der Waals surface area contributed by atoms with Crippen LogP contribution in [0.5, 0.6) is 0 Å². The lowest BCUT2D eigenvalue weighted by Crippen LogP contribution is -2.31. The highest BCUT2D eigenvalue weighted by Crippen LogP contribution is 2.22. The van der Waals surface area contributed by atoms with Crippen LogP contribution in [0.3, 0.4) is 0 Å². The summed E-state index contributed by atoms with van der Waals surface area (Å²) in [6.07, 6.45) is 5.13. The third-order valence-corrected chi connectivity index (χ3v) is 4.48. The van der Waals surface area contributed by atoms with Crippen molar-refractivity contribution < 1.29 is 8.42 Å². The number of terminal acetylenes is 1. The Labute approximate surface area is 104 Å². The maximum atomic E-state index is 11.9. The zero-order valence-corrected chi connectivity index (χ0v) is 11.4. The minimum Gasteiger partial charge on any atom is -0.207 e. The summed E-state index contributed by atoms with van der Waals surface area (Å²) in [7, 11) is -3.56. The van der Waals surface area contributed by atoms with E-state index in [1.807, 2.05) is 6.92 Å². The fraction of sp³-hybridized carbons (Fsp3) is 0.273. The van der Waals surface area contributed by atoms with Gasteiger partial charge in [-0.3, -0.25) is 0 Å². The second-order valence-corrected chi connectivity index (χ2v) is 5.98. The summed E-state index contributed by atoms with van der Waals surface area (Å²) in [5.74, 6) is 2.32. The summed E-state index contributed by atoms with van der Waals surface area (Å²) in [4.78, 5) is 0.195. The highest BCUT2D eigenvalue weighted by Gasteiger charge is 2.18. The van der Waals surface area contributed by atoms with E-state index < -0.39 is 16.1 Å². The predicted molar refractivity (Wildman–Crippen MR) is 67.5 cm³/mol. The van der Waals surface area contributed by atoms with Gasteiger partial charge in [-0.05, 0) is 47.5 Å². The Balaban J connectivity index is 3.14. The molecule has 0 fully saturated rings. The number of benzene rings is 1. The first-order valence-electron chi connectivity index (χ1n) is 4.61. The molecule has 0 aliphatic rings. The van der Waals surface area contributed by atoms with Crippen LogP contribution >= 0.6 is 15.9 Å². The van der Waals surface area contributed by atoms with Crippen molar-refractivity contribution in [2.24, 2.45) is 0 Å². The van der Waals surface area contributed by atoms with Crippen LogP contribution in [0.25, 0.3) is 0 Å². The quantitative estimate of drug-likeness (QED) is 0.869. The molecule has 1 rings (SSSR count). The molecule has 0 aliphatic carbocycles. The van der Waals surface area contributed by atoms with E-state index in [0.29, 0.717) is 4.47 Å². The Morgan fingerprint density at radius 1 is 1.50 bits per heavy atom. The molecular weight excluding hydrogens is 290 g/mol. The van der Waals surface area contributed by atoms with Crippen molar-refractivity contribution in [2.45, 2.75) is 24.8 Å². The highest BCUT2D eigenvalue weighted by atomic mass is 79.9. The first-order valence-corrected chi connectivity index (χ1v) is 6.89. The number of sulfonamides is 1. The van der Waals surface area contributed by atoms with Crippen LogP contribution in [0.4, 0.5) is 0 Å². The molecule has 86 valence electrons. The van der Waals surface area contributed by atoms with E-state index >= 15 is 0 Å². The molecule has 0 amide bonds. The second-order valence-electron chi connectivity index (χ2n) is 3.44. The Bertz CT molecular complexity index is 531. The van der Waals surface area contributed by atoms with Crippen LogP contribution in [0, 0.1) is 19.3 Å². The van der Waals surface area contributed by atoms with E-state index in [-0.39, 0.29) is 4.90 Å². The van der Waals surface area contributed by atoms with E-state index in [1.54, 1.807) is 25.1 Å². The lowest BCUT2D eigenvalue weighted by atomic mass is 10.2. The minimum absolute atomic E-state index is 0.195. The molecule has 1 N–H and O–H groups in total. The van der Waals surface area contributed by atoms with Gasteiger partial charge in [-0.2, -0.15) is 4.72 Å². The summed E-state index contributed by atoms with van der Waals surface area (Å²) in [6, 6.07) is 4.50. The number of aryl methyl sites for hydroxylation is 1.